The summed E-state index contributed by atoms with van der Waals surface area (Å²) in [6, 6.07) is -7.23. The van der Waals surface area contributed by atoms with Crippen LogP contribution in [0.1, 0.15) is 41.0 Å². The molecule has 7 saturated heterocycles. The molecule has 42 nitrogen and oxygen atoms in total. The van der Waals surface area contributed by atoms with E-state index in [2.05, 4.69) is 21.3 Å². The second-order valence-corrected chi connectivity index (χ2v) is 24.0. The summed E-state index contributed by atoms with van der Waals surface area (Å²) in [6.45, 7) is -1.42. The Hall–Kier alpha value is -3.93. The number of carbonyl (C=O) groups excluding carboxylic acids is 4. The van der Waals surface area contributed by atoms with Gasteiger partial charge in [0, 0.05) is 34.1 Å². The topological polar surface area (TPSA) is 658 Å². The molecule has 7 fully saturated rings. The van der Waals surface area contributed by atoms with Crippen LogP contribution in [0.3, 0.4) is 0 Å². The van der Waals surface area contributed by atoms with Crippen molar-refractivity contribution in [2.45, 2.75) is 261 Å². The monoisotopic (exact) mass is 1390 g/mol. The standard InChI is InChI=1S/C53H88N4O38/c1-13-29(69)35(75)37(77)49(84-13)93-44-28(57-17(5)66)47(89-23(11-62)40(44)90-51-39(79)45(33(73)22(10-61)88-51)95-53(52(81)82)6-18(67)25(54-14(2)63)43(94-53)30(70)19(68)7-58)83-12-24-34(74)41(26(46(80)85-24)55-15(3)64)91-48-27(56-16(4)65)42(32(72)21(9-60)86-48)92-50-38(78)36(76)31(71)20(8-59)87-50/h13,18-51,58-62,67-80H,6-12H2,1-5H3,(H,54,63)(H,55,64)(H,56,65)(H,57,66)(H,81,82)/t13-,18-,19+,20+,21+,22+,23+,24+,25+,26+,27+,28+,29+,30+,31-,32+,33-,34-,35+,36-,37-,38+,39+,40+,41+,42+,43+,44+,45-,46?,47+,48-,49-,50-,51-,53-/m0/s1. The molecule has 0 bridgehead atoms. The summed E-state index contributed by atoms with van der Waals surface area (Å²) < 4.78 is 76.8. The number of hydrogen-bond acceptors (Lipinski definition) is 37. The average Bonchev–Trinajstić information content (AvgIpc) is 0.761. The van der Waals surface area contributed by atoms with Gasteiger partial charge in [0.15, 0.2) is 37.7 Å². The van der Waals surface area contributed by atoms with Gasteiger partial charge in [-0.25, -0.2) is 4.79 Å². The van der Waals surface area contributed by atoms with Crippen LogP contribution in [0, 0.1) is 0 Å². The fourth-order valence-electron chi connectivity index (χ4n) is 12.2. The van der Waals surface area contributed by atoms with Crippen LogP contribution in [0.4, 0.5) is 0 Å². The van der Waals surface area contributed by atoms with E-state index in [-0.39, 0.29) is 0 Å². The van der Waals surface area contributed by atoms with Crippen molar-refractivity contribution in [3.8, 4) is 0 Å². The van der Waals surface area contributed by atoms with E-state index in [4.69, 9.17) is 61.6 Å². The molecule has 24 N–H and O–H groups in total. The number of carboxylic acid groups (broad SMARTS) is 1. The number of carboxylic acids is 1. The van der Waals surface area contributed by atoms with Crippen LogP contribution in [-0.4, -0.2) is 392 Å². The number of aliphatic carboxylic acids is 1. The Morgan fingerprint density at radius 2 is 0.874 bits per heavy atom. The molecule has 7 heterocycles. The zero-order valence-corrected chi connectivity index (χ0v) is 51.4. The molecule has 0 aliphatic carbocycles. The third-order valence-electron chi connectivity index (χ3n) is 17.1. The molecule has 0 radical (unpaired) electrons. The predicted molar refractivity (Wildman–Crippen MR) is 294 cm³/mol. The Morgan fingerprint density at radius 3 is 1.41 bits per heavy atom. The van der Waals surface area contributed by atoms with Crippen LogP contribution in [-0.2, 0) is 85.6 Å². The van der Waals surface area contributed by atoms with Gasteiger partial charge >= 0.3 is 5.97 Å². The lowest BCUT2D eigenvalue weighted by Gasteiger charge is -2.52. The predicted octanol–water partition coefficient (Wildman–Crippen LogP) is -15.5. The van der Waals surface area contributed by atoms with Gasteiger partial charge in [-0.2, -0.15) is 0 Å². The van der Waals surface area contributed by atoms with E-state index in [1.54, 1.807) is 0 Å². The first-order chi connectivity index (χ1) is 44.7. The summed E-state index contributed by atoms with van der Waals surface area (Å²) in [7, 11) is 0. The molecule has 0 spiro atoms. The van der Waals surface area contributed by atoms with E-state index < -0.39 is 296 Å². The fraction of sp³-hybridized carbons (Fsp3) is 0.906. The summed E-state index contributed by atoms with van der Waals surface area (Å²) >= 11 is 0. The summed E-state index contributed by atoms with van der Waals surface area (Å²) in [6.07, 6.45) is -64.2. The lowest BCUT2D eigenvalue weighted by molar-refractivity contribution is -0.392. The highest BCUT2D eigenvalue weighted by atomic mass is 16.8. The first-order valence-electron chi connectivity index (χ1n) is 30.1. The molecule has 1 unspecified atom stereocenters. The molecule has 95 heavy (non-hydrogen) atoms. The normalized spacial score (nSPS) is 46.4. The Balaban J connectivity index is 1.21. The molecule has 7 aliphatic heterocycles. The van der Waals surface area contributed by atoms with Gasteiger partial charge in [0.1, 0.15) is 159 Å². The van der Waals surface area contributed by atoms with Crippen molar-refractivity contribution in [2.24, 2.45) is 0 Å². The van der Waals surface area contributed by atoms with Crippen molar-refractivity contribution >= 4 is 29.6 Å². The van der Waals surface area contributed by atoms with E-state index in [9.17, 15) is 126 Å². The smallest absolute Gasteiger partial charge is 0.364 e. The third kappa shape index (κ3) is 17.5. The van der Waals surface area contributed by atoms with Crippen molar-refractivity contribution in [1.82, 2.24) is 21.3 Å². The lowest BCUT2D eigenvalue weighted by Crippen LogP contribution is -2.72. The first-order valence-corrected chi connectivity index (χ1v) is 30.1. The Morgan fingerprint density at radius 1 is 0.453 bits per heavy atom. The third-order valence-corrected chi connectivity index (χ3v) is 17.1. The van der Waals surface area contributed by atoms with Crippen molar-refractivity contribution in [3.63, 3.8) is 0 Å². The zero-order chi connectivity index (χ0) is 70.6. The number of carbonyl (C=O) groups is 5. The van der Waals surface area contributed by atoms with Gasteiger partial charge in [-0.1, -0.05) is 0 Å². The van der Waals surface area contributed by atoms with Gasteiger partial charge in [-0.15, -0.1) is 0 Å². The molecule has 548 valence electrons. The lowest BCUT2D eigenvalue weighted by atomic mass is 9.88. The van der Waals surface area contributed by atoms with E-state index >= 15 is 0 Å². The zero-order valence-electron chi connectivity index (χ0n) is 51.4. The molecule has 0 aromatic carbocycles. The summed E-state index contributed by atoms with van der Waals surface area (Å²) in [5.74, 6) is -8.96. The van der Waals surface area contributed by atoms with Gasteiger partial charge in [0.25, 0.3) is 5.79 Å². The maximum atomic E-state index is 13.3. The highest BCUT2D eigenvalue weighted by molar-refractivity contribution is 5.77. The SMILES string of the molecule is CC(=O)N[C@H]1[C@H](OC[C@H]2OC(O)[C@H](NC(C)=O)[C@@H](O[C@@H]3O[C@H](CO)[C@@H](O)[C@H](O[C@@H]4O[C@H](CO)[C@H](O)[C@H](O)[C@H]4O)[C@H]3NC(C)=O)[C@H]2O)O[C@H](CO)[C@@H](O[C@@H]2O[C@H](CO)[C@H](O)[C@H](O[C@]3(C(=O)O)C[C@H](O)[C@@H](NC(C)=O)[C@H]([C@H](O)[C@H](O)CO)O3)[C@H]2O)[C@@H]1O[C@@H]1O[C@@H](C)[C@@H](O)[C@@H](O)[C@@H]1O. The summed E-state index contributed by atoms with van der Waals surface area (Å²) in [5, 5.41) is 228. The molecular weight excluding hydrogens is 1300 g/mol. The summed E-state index contributed by atoms with van der Waals surface area (Å²) in [5.41, 5.74) is 0. The second kappa shape index (κ2) is 33.5. The maximum absolute atomic E-state index is 13.3. The number of amides is 4. The van der Waals surface area contributed by atoms with Crippen LogP contribution >= 0.6 is 0 Å². The summed E-state index contributed by atoms with van der Waals surface area (Å²) in [4.78, 5) is 64.3. The van der Waals surface area contributed by atoms with E-state index in [0.29, 0.717) is 0 Å². The van der Waals surface area contributed by atoms with Crippen LogP contribution < -0.4 is 21.3 Å². The molecule has 7 aliphatic rings. The molecule has 4 amide bonds. The maximum Gasteiger partial charge on any atom is 0.364 e. The van der Waals surface area contributed by atoms with E-state index in [1.807, 2.05) is 0 Å². The van der Waals surface area contributed by atoms with Crippen LogP contribution in [0.25, 0.3) is 0 Å². The van der Waals surface area contributed by atoms with Crippen molar-refractivity contribution in [1.29, 1.82) is 0 Å². The molecule has 0 aromatic heterocycles. The van der Waals surface area contributed by atoms with Crippen molar-refractivity contribution in [3.05, 3.63) is 0 Å². The van der Waals surface area contributed by atoms with Gasteiger partial charge in [0.2, 0.25) is 23.6 Å². The van der Waals surface area contributed by atoms with Crippen molar-refractivity contribution in [2.75, 3.05) is 39.6 Å². The van der Waals surface area contributed by atoms with Crippen LogP contribution in [0.2, 0.25) is 0 Å². The molecule has 36 atom stereocenters. The van der Waals surface area contributed by atoms with E-state index in [0.717, 1.165) is 27.7 Å². The fourth-order valence-corrected chi connectivity index (χ4v) is 12.2. The molecule has 42 heteroatoms. The van der Waals surface area contributed by atoms with Gasteiger partial charge in [-0.05, 0) is 6.92 Å². The minimum Gasteiger partial charge on any atom is -0.477 e. The highest BCUT2D eigenvalue weighted by Crippen LogP contribution is 2.41. The van der Waals surface area contributed by atoms with Crippen molar-refractivity contribution < 1.29 is 188 Å². The largest absolute Gasteiger partial charge is 0.477 e. The number of hydrogen-bond donors (Lipinski definition) is 24. The van der Waals surface area contributed by atoms with Gasteiger partial charge < -0.3 is 185 Å². The van der Waals surface area contributed by atoms with Crippen LogP contribution in [0.15, 0.2) is 0 Å². The first kappa shape index (κ1) is 78.4. The van der Waals surface area contributed by atoms with Gasteiger partial charge in [-0.3, -0.25) is 19.2 Å². The average molecular weight is 1390 g/mol. The number of aliphatic hydroxyl groups excluding tert-OH is 19. The van der Waals surface area contributed by atoms with E-state index in [1.165, 1.54) is 6.92 Å². The highest BCUT2D eigenvalue weighted by Gasteiger charge is 2.62. The van der Waals surface area contributed by atoms with Crippen LogP contribution in [0.5, 0.6) is 0 Å². The molecule has 0 saturated carbocycles. The minimum absolute atomic E-state index is 0.856. The molecular formula is C53H88N4O38. The minimum atomic E-state index is -3.28. The number of ether oxygens (including phenoxy) is 13. The Labute approximate surface area is 538 Å². The Kier molecular flexibility index (Phi) is 27.6. The number of nitrogens with one attached hydrogen (secondary N) is 4. The second-order valence-electron chi connectivity index (χ2n) is 24.0. The molecule has 7 rings (SSSR count). The quantitative estimate of drug-likeness (QED) is 0.0404. The molecule has 0 aromatic rings. The van der Waals surface area contributed by atoms with Gasteiger partial charge in [0.05, 0.1) is 57.9 Å². The number of aliphatic hydroxyl groups is 19. The Bertz CT molecular complexity index is 2520. The number of rotatable bonds is 25.